The summed E-state index contributed by atoms with van der Waals surface area (Å²) in [6.07, 6.45) is 1.44. The molecule has 0 spiro atoms. The molecule has 0 fully saturated rings. The largest absolute Gasteiger partial charge is 0.497 e. The van der Waals surface area contributed by atoms with E-state index in [9.17, 15) is 9.59 Å². The van der Waals surface area contributed by atoms with E-state index in [4.69, 9.17) is 24.8 Å². The van der Waals surface area contributed by atoms with E-state index in [0.717, 1.165) is 0 Å². The second kappa shape index (κ2) is 10.00. The van der Waals surface area contributed by atoms with E-state index in [1.54, 1.807) is 36.4 Å². The minimum Gasteiger partial charge on any atom is -0.497 e. The van der Waals surface area contributed by atoms with Gasteiger partial charge in [-0.3, -0.25) is 15.0 Å². The van der Waals surface area contributed by atoms with Crippen molar-refractivity contribution >= 4 is 17.9 Å². The van der Waals surface area contributed by atoms with Gasteiger partial charge in [0.15, 0.2) is 11.5 Å². The Balaban J connectivity index is 2.40. The first-order valence-electron chi connectivity index (χ1n) is 8.45. The maximum absolute atomic E-state index is 12.5. The summed E-state index contributed by atoms with van der Waals surface area (Å²) >= 11 is 0. The third kappa shape index (κ3) is 5.17. The van der Waals surface area contributed by atoms with Gasteiger partial charge < -0.3 is 24.3 Å². The molecular weight excluding hydrogens is 378 g/mol. The lowest BCUT2D eigenvalue weighted by molar-refractivity contribution is -0.117. The number of methoxy groups -OCH3 is 4. The van der Waals surface area contributed by atoms with E-state index < -0.39 is 11.8 Å². The Hall–Kier alpha value is -3.72. The first-order valence-corrected chi connectivity index (χ1v) is 8.45. The van der Waals surface area contributed by atoms with Gasteiger partial charge in [0.1, 0.15) is 11.4 Å². The first kappa shape index (κ1) is 21.6. The van der Waals surface area contributed by atoms with Gasteiger partial charge >= 0.3 is 0 Å². The molecule has 0 aromatic heterocycles. The lowest BCUT2D eigenvalue weighted by Crippen LogP contribution is -2.38. The van der Waals surface area contributed by atoms with Crippen LogP contribution in [-0.2, 0) is 4.79 Å². The number of nitrogens with one attached hydrogen (secondary N) is 2. The zero-order chi connectivity index (χ0) is 21.4. The summed E-state index contributed by atoms with van der Waals surface area (Å²) in [4.78, 5) is 24.7. The van der Waals surface area contributed by atoms with E-state index in [2.05, 4.69) is 5.32 Å². The molecule has 2 aromatic carbocycles. The highest BCUT2D eigenvalue weighted by molar-refractivity contribution is 6.05. The van der Waals surface area contributed by atoms with Crippen molar-refractivity contribution in [2.75, 3.05) is 28.4 Å². The number of hydrazine groups is 1. The molecule has 0 aliphatic heterocycles. The molecule has 0 saturated heterocycles. The summed E-state index contributed by atoms with van der Waals surface area (Å²) in [5.74, 6) is 5.89. The van der Waals surface area contributed by atoms with E-state index in [1.807, 2.05) is 5.43 Å². The number of amides is 2. The maximum Gasteiger partial charge on any atom is 0.281 e. The number of benzene rings is 2. The Bertz CT molecular complexity index is 884. The second-order valence-corrected chi connectivity index (χ2v) is 5.67. The molecule has 0 bridgehead atoms. The fourth-order valence-corrected chi connectivity index (χ4v) is 2.52. The lowest BCUT2D eigenvalue weighted by atomic mass is 10.1. The zero-order valence-corrected chi connectivity index (χ0v) is 16.6. The zero-order valence-electron chi connectivity index (χ0n) is 16.6. The van der Waals surface area contributed by atoms with Crippen molar-refractivity contribution in [3.63, 3.8) is 0 Å². The summed E-state index contributed by atoms with van der Waals surface area (Å²) < 4.78 is 21.0. The molecule has 2 rings (SSSR count). The number of hydrogen-bond donors (Lipinski definition) is 3. The van der Waals surface area contributed by atoms with Crippen molar-refractivity contribution in [2.45, 2.75) is 0 Å². The first-order chi connectivity index (χ1) is 14.0. The summed E-state index contributed by atoms with van der Waals surface area (Å²) in [5.41, 5.74) is 2.80. The molecule has 0 radical (unpaired) electrons. The second-order valence-electron chi connectivity index (χ2n) is 5.67. The van der Waals surface area contributed by atoms with Crippen LogP contribution in [0, 0.1) is 0 Å². The van der Waals surface area contributed by atoms with Crippen molar-refractivity contribution in [3.05, 3.63) is 53.2 Å². The number of rotatable bonds is 8. The van der Waals surface area contributed by atoms with Crippen LogP contribution in [-0.4, -0.2) is 40.3 Å². The molecule has 2 amide bonds. The maximum atomic E-state index is 12.5. The predicted molar refractivity (Wildman–Crippen MR) is 107 cm³/mol. The molecule has 29 heavy (non-hydrogen) atoms. The van der Waals surface area contributed by atoms with Crippen LogP contribution >= 0.6 is 0 Å². The number of carbonyl (C=O) groups is 2. The van der Waals surface area contributed by atoms with Crippen LogP contribution in [0.15, 0.2) is 42.1 Å². The minimum atomic E-state index is -0.680. The molecule has 2 aromatic rings. The molecule has 0 aliphatic carbocycles. The third-order valence-corrected chi connectivity index (χ3v) is 3.97. The van der Waals surface area contributed by atoms with E-state index >= 15 is 0 Å². The Morgan fingerprint density at radius 1 is 0.897 bits per heavy atom. The van der Waals surface area contributed by atoms with Gasteiger partial charge in [0.2, 0.25) is 5.75 Å². The standard InChI is InChI=1S/C20H23N3O6/c1-26-14-7-5-13(6-8-14)19(24)22-15(20(25)23-21)9-12-10-16(27-2)18(29-4)17(11-12)28-3/h5-11H,21H2,1-4H3,(H,22,24)(H,23,25)/b15-9+. The van der Waals surface area contributed by atoms with Gasteiger partial charge in [-0.1, -0.05) is 0 Å². The monoisotopic (exact) mass is 401 g/mol. The predicted octanol–water partition coefficient (Wildman–Crippen LogP) is 1.48. The van der Waals surface area contributed by atoms with Crippen molar-refractivity contribution in [1.29, 1.82) is 0 Å². The van der Waals surface area contributed by atoms with Crippen molar-refractivity contribution in [1.82, 2.24) is 10.7 Å². The van der Waals surface area contributed by atoms with Crippen LogP contribution in [0.1, 0.15) is 15.9 Å². The van der Waals surface area contributed by atoms with E-state index in [1.165, 1.54) is 34.5 Å². The topological polar surface area (TPSA) is 121 Å². The van der Waals surface area contributed by atoms with Gasteiger partial charge in [-0.2, -0.15) is 0 Å². The Morgan fingerprint density at radius 2 is 1.48 bits per heavy atom. The molecule has 0 aliphatic rings. The van der Waals surface area contributed by atoms with Crippen molar-refractivity contribution < 1.29 is 28.5 Å². The van der Waals surface area contributed by atoms with Gasteiger partial charge in [-0.05, 0) is 48.0 Å². The molecule has 9 heteroatoms. The number of hydrogen-bond acceptors (Lipinski definition) is 7. The van der Waals surface area contributed by atoms with Crippen LogP contribution in [0.4, 0.5) is 0 Å². The van der Waals surface area contributed by atoms with Crippen LogP contribution in [0.3, 0.4) is 0 Å². The molecule has 4 N–H and O–H groups in total. The van der Waals surface area contributed by atoms with Crippen molar-refractivity contribution in [2.24, 2.45) is 5.84 Å². The third-order valence-electron chi connectivity index (χ3n) is 3.97. The summed E-state index contributed by atoms with van der Waals surface area (Å²) in [7, 11) is 5.96. The summed E-state index contributed by atoms with van der Waals surface area (Å²) in [6, 6.07) is 9.69. The van der Waals surface area contributed by atoms with E-state index in [-0.39, 0.29) is 5.70 Å². The number of nitrogens with two attached hydrogens (primary N) is 1. The van der Waals surface area contributed by atoms with Gasteiger partial charge in [0.05, 0.1) is 28.4 Å². The molecule has 9 nitrogen and oxygen atoms in total. The quantitative estimate of drug-likeness (QED) is 0.265. The van der Waals surface area contributed by atoms with E-state index in [0.29, 0.717) is 34.1 Å². The highest BCUT2D eigenvalue weighted by atomic mass is 16.5. The summed E-state index contributed by atoms with van der Waals surface area (Å²) in [5, 5.41) is 2.55. The smallest absolute Gasteiger partial charge is 0.281 e. The van der Waals surface area contributed by atoms with Crippen LogP contribution in [0.5, 0.6) is 23.0 Å². The van der Waals surface area contributed by atoms with Gasteiger partial charge in [-0.15, -0.1) is 0 Å². The molecule has 0 unspecified atom stereocenters. The fraction of sp³-hybridized carbons (Fsp3) is 0.200. The molecule has 0 saturated carbocycles. The molecule has 154 valence electrons. The van der Waals surface area contributed by atoms with Gasteiger partial charge in [0.25, 0.3) is 11.8 Å². The van der Waals surface area contributed by atoms with Gasteiger partial charge in [0, 0.05) is 5.56 Å². The highest BCUT2D eigenvalue weighted by Crippen LogP contribution is 2.38. The Morgan fingerprint density at radius 3 is 1.93 bits per heavy atom. The lowest BCUT2D eigenvalue weighted by Gasteiger charge is -2.14. The Kier molecular flexibility index (Phi) is 7.44. The highest BCUT2D eigenvalue weighted by Gasteiger charge is 2.17. The average Bonchev–Trinajstić information content (AvgIpc) is 2.77. The van der Waals surface area contributed by atoms with Crippen LogP contribution in [0.2, 0.25) is 0 Å². The van der Waals surface area contributed by atoms with Gasteiger partial charge in [-0.25, -0.2) is 5.84 Å². The van der Waals surface area contributed by atoms with Crippen LogP contribution < -0.4 is 35.5 Å². The molecular formula is C20H23N3O6. The Labute approximate surface area is 168 Å². The minimum absolute atomic E-state index is 0.0670. The average molecular weight is 401 g/mol. The number of carbonyl (C=O) groups excluding carboxylic acids is 2. The molecule has 0 atom stereocenters. The van der Waals surface area contributed by atoms with Crippen molar-refractivity contribution in [3.8, 4) is 23.0 Å². The number of ether oxygens (including phenoxy) is 4. The molecule has 0 heterocycles. The normalized spacial score (nSPS) is 10.7. The SMILES string of the molecule is COc1ccc(C(=O)N/C(=C/c2cc(OC)c(OC)c(OC)c2)C(=O)NN)cc1. The summed E-state index contributed by atoms with van der Waals surface area (Å²) in [6.45, 7) is 0. The fourth-order valence-electron chi connectivity index (χ4n) is 2.52. The van der Waals surface area contributed by atoms with Crippen LogP contribution in [0.25, 0.3) is 6.08 Å².